The van der Waals surface area contributed by atoms with Crippen molar-refractivity contribution >= 4 is 11.9 Å². The van der Waals surface area contributed by atoms with Gasteiger partial charge in [0.2, 0.25) is 0 Å². The molecule has 3 aromatic rings. The molecule has 1 aliphatic heterocycles. The number of nitrogens with zero attached hydrogens (tertiary/aromatic N) is 4. The number of hydrogen-bond donors (Lipinski definition) is 1. The number of methoxy groups -OCH3 is 2. The summed E-state index contributed by atoms with van der Waals surface area (Å²) in [6, 6.07) is 13.3. The van der Waals surface area contributed by atoms with Crippen LogP contribution in [0.4, 0.5) is 0 Å². The quantitative estimate of drug-likeness (QED) is 0.524. The summed E-state index contributed by atoms with van der Waals surface area (Å²) in [5, 5.41) is 7.63. The third kappa shape index (κ3) is 5.38. The van der Waals surface area contributed by atoms with E-state index in [-0.39, 0.29) is 18.4 Å². The first kappa shape index (κ1) is 22.5. The van der Waals surface area contributed by atoms with Gasteiger partial charge < -0.3 is 14.8 Å². The monoisotopic (exact) mass is 449 g/mol. The van der Waals surface area contributed by atoms with Gasteiger partial charge in [-0.05, 0) is 29.8 Å². The van der Waals surface area contributed by atoms with Gasteiger partial charge in [-0.2, -0.15) is 5.10 Å². The largest absolute Gasteiger partial charge is 0.497 e. The minimum absolute atomic E-state index is 0.175. The van der Waals surface area contributed by atoms with Crippen molar-refractivity contribution in [3.63, 3.8) is 0 Å². The predicted molar refractivity (Wildman–Crippen MR) is 121 cm³/mol. The fraction of sp³-hybridized carbons (Fsp3) is 0.333. The second kappa shape index (κ2) is 10.3. The first-order chi connectivity index (χ1) is 16.1. The zero-order valence-corrected chi connectivity index (χ0v) is 18.8. The molecule has 1 N–H and O–H groups in total. The minimum atomic E-state index is -0.301. The molecule has 4 rings (SSSR count). The lowest BCUT2D eigenvalue weighted by Gasteiger charge is -2.26. The summed E-state index contributed by atoms with van der Waals surface area (Å²) in [5.74, 6) is 0.213. The van der Waals surface area contributed by atoms with Crippen LogP contribution in [0.2, 0.25) is 0 Å². The molecule has 0 atom stereocenters. The number of pyridine rings is 1. The van der Waals surface area contributed by atoms with Gasteiger partial charge in [-0.25, -0.2) is 0 Å². The van der Waals surface area contributed by atoms with Gasteiger partial charge in [-0.3, -0.25) is 24.2 Å². The average molecular weight is 450 g/mol. The summed E-state index contributed by atoms with van der Waals surface area (Å²) in [6.07, 6.45) is 2.42. The van der Waals surface area contributed by atoms with E-state index in [1.807, 2.05) is 52.0 Å². The third-order valence-corrected chi connectivity index (χ3v) is 5.66. The number of aromatic nitrogens is 3. The highest BCUT2D eigenvalue weighted by Crippen LogP contribution is 2.24. The zero-order chi connectivity index (χ0) is 23.2. The van der Waals surface area contributed by atoms with Crippen LogP contribution in [0.3, 0.4) is 0 Å². The molecule has 9 nitrogen and oxygen atoms in total. The van der Waals surface area contributed by atoms with Crippen molar-refractivity contribution in [3.8, 4) is 5.75 Å². The Labute approximate surface area is 192 Å². The van der Waals surface area contributed by atoms with Gasteiger partial charge in [0.25, 0.3) is 5.91 Å². The number of carbonyl (C=O) groups is 2. The molecule has 0 saturated carbocycles. The van der Waals surface area contributed by atoms with Gasteiger partial charge in [0.05, 0.1) is 33.0 Å². The number of esters is 1. The Morgan fingerprint density at radius 1 is 1.12 bits per heavy atom. The van der Waals surface area contributed by atoms with Gasteiger partial charge >= 0.3 is 5.97 Å². The van der Waals surface area contributed by atoms with Crippen LogP contribution in [-0.4, -0.2) is 58.8 Å². The number of carbonyl (C=O) groups excluding carboxylic acids is 2. The molecule has 0 unspecified atom stereocenters. The SMILES string of the molecule is COC(=O)CN1CCc2c(c(C(=O)NCc3ccc(OC)cc3)nn2Cc2ccccn2)C1. The Morgan fingerprint density at radius 3 is 2.64 bits per heavy atom. The number of fused-ring (bicyclic) bond motifs is 1. The highest BCUT2D eigenvalue weighted by atomic mass is 16.5. The highest BCUT2D eigenvalue weighted by molar-refractivity contribution is 5.94. The molecule has 0 bridgehead atoms. The van der Waals surface area contributed by atoms with Crippen molar-refractivity contribution in [2.75, 3.05) is 27.3 Å². The molecule has 33 heavy (non-hydrogen) atoms. The molecule has 0 fully saturated rings. The van der Waals surface area contributed by atoms with E-state index < -0.39 is 0 Å². The van der Waals surface area contributed by atoms with Crippen molar-refractivity contribution in [1.82, 2.24) is 25.0 Å². The van der Waals surface area contributed by atoms with Gasteiger partial charge in [-0.15, -0.1) is 0 Å². The average Bonchev–Trinajstić information content (AvgIpc) is 3.21. The molecule has 0 aliphatic carbocycles. The Hall–Kier alpha value is -3.72. The smallest absolute Gasteiger partial charge is 0.319 e. The van der Waals surface area contributed by atoms with E-state index in [1.165, 1.54) is 7.11 Å². The van der Waals surface area contributed by atoms with E-state index in [4.69, 9.17) is 9.47 Å². The van der Waals surface area contributed by atoms with Crippen molar-refractivity contribution in [2.45, 2.75) is 26.1 Å². The van der Waals surface area contributed by atoms with E-state index in [0.29, 0.717) is 38.3 Å². The van der Waals surface area contributed by atoms with E-state index in [2.05, 4.69) is 15.4 Å². The molecular weight excluding hydrogens is 422 g/mol. The Kier molecular flexibility index (Phi) is 6.99. The van der Waals surface area contributed by atoms with Crippen LogP contribution >= 0.6 is 0 Å². The van der Waals surface area contributed by atoms with Crippen LogP contribution in [0, 0.1) is 0 Å². The summed E-state index contributed by atoms with van der Waals surface area (Å²) in [7, 11) is 2.99. The molecule has 172 valence electrons. The summed E-state index contributed by atoms with van der Waals surface area (Å²) in [4.78, 5) is 31.3. The first-order valence-corrected chi connectivity index (χ1v) is 10.8. The number of rotatable bonds is 8. The number of ether oxygens (including phenoxy) is 2. The number of benzene rings is 1. The standard InChI is InChI=1S/C24H27N5O4/c1-32-19-8-6-17(7-9-19)13-26-24(31)23-20-15-28(16-22(30)33-2)12-10-21(20)29(27-23)14-18-5-3-4-11-25-18/h3-9,11H,10,12-16H2,1-2H3,(H,26,31). The Bertz CT molecular complexity index is 1110. The summed E-state index contributed by atoms with van der Waals surface area (Å²) >= 11 is 0. The highest BCUT2D eigenvalue weighted by Gasteiger charge is 2.29. The lowest BCUT2D eigenvalue weighted by atomic mass is 10.0. The van der Waals surface area contributed by atoms with E-state index in [9.17, 15) is 9.59 Å². The predicted octanol–water partition coefficient (Wildman–Crippen LogP) is 1.80. The molecule has 9 heteroatoms. The molecule has 3 heterocycles. The second-order valence-electron chi connectivity index (χ2n) is 7.82. The second-order valence-corrected chi connectivity index (χ2v) is 7.82. The van der Waals surface area contributed by atoms with Crippen LogP contribution in [0.5, 0.6) is 5.75 Å². The lowest BCUT2D eigenvalue weighted by molar-refractivity contribution is -0.142. The molecule has 2 aromatic heterocycles. The van der Waals surface area contributed by atoms with Crippen molar-refractivity contribution in [1.29, 1.82) is 0 Å². The fourth-order valence-corrected chi connectivity index (χ4v) is 3.90. The molecule has 1 aliphatic rings. The minimum Gasteiger partial charge on any atom is -0.497 e. The maximum Gasteiger partial charge on any atom is 0.319 e. The van der Waals surface area contributed by atoms with Crippen LogP contribution in [0.1, 0.15) is 33.0 Å². The van der Waals surface area contributed by atoms with Crippen molar-refractivity contribution < 1.29 is 19.1 Å². The van der Waals surface area contributed by atoms with Crippen molar-refractivity contribution in [3.05, 3.63) is 76.9 Å². The normalized spacial score (nSPS) is 13.3. The Balaban J connectivity index is 1.56. The maximum atomic E-state index is 13.1. The van der Waals surface area contributed by atoms with Gasteiger partial charge in [-0.1, -0.05) is 18.2 Å². The van der Waals surface area contributed by atoms with Gasteiger partial charge in [0, 0.05) is 43.5 Å². The molecule has 0 saturated heterocycles. The summed E-state index contributed by atoms with van der Waals surface area (Å²) in [5.41, 5.74) is 4.04. The van der Waals surface area contributed by atoms with Gasteiger partial charge in [0.1, 0.15) is 5.75 Å². The Morgan fingerprint density at radius 2 is 1.94 bits per heavy atom. The maximum absolute atomic E-state index is 13.1. The molecular formula is C24H27N5O4. The molecule has 1 aromatic carbocycles. The summed E-state index contributed by atoms with van der Waals surface area (Å²) < 4.78 is 11.8. The zero-order valence-electron chi connectivity index (χ0n) is 18.8. The van der Waals surface area contributed by atoms with Crippen molar-refractivity contribution in [2.24, 2.45) is 0 Å². The topological polar surface area (TPSA) is 98.6 Å². The van der Waals surface area contributed by atoms with Gasteiger partial charge in [0.15, 0.2) is 5.69 Å². The molecule has 0 spiro atoms. The fourth-order valence-electron chi connectivity index (χ4n) is 3.90. The lowest BCUT2D eigenvalue weighted by Crippen LogP contribution is -2.36. The van der Waals surface area contributed by atoms with Crippen LogP contribution in [0.15, 0.2) is 48.7 Å². The van der Waals surface area contributed by atoms with Crippen LogP contribution in [-0.2, 0) is 35.6 Å². The number of amides is 1. The van der Waals surface area contributed by atoms with E-state index >= 15 is 0 Å². The summed E-state index contributed by atoms with van der Waals surface area (Å²) in [6.45, 7) is 2.16. The van der Waals surface area contributed by atoms with E-state index in [1.54, 1.807) is 13.3 Å². The van der Waals surface area contributed by atoms with Crippen LogP contribution < -0.4 is 10.1 Å². The van der Waals surface area contributed by atoms with E-state index in [0.717, 1.165) is 28.3 Å². The third-order valence-electron chi connectivity index (χ3n) is 5.66. The number of nitrogens with one attached hydrogen (secondary N) is 1. The molecule has 0 radical (unpaired) electrons. The first-order valence-electron chi connectivity index (χ1n) is 10.8. The van der Waals surface area contributed by atoms with Crippen LogP contribution in [0.25, 0.3) is 0 Å². The number of hydrogen-bond acceptors (Lipinski definition) is 7. The molecule has 1 amide bonds.